The fourth-order valence-corrected chi connectivity index (χ4v) is 5.94. The van der Waals surface area contributed by atoms with Crippen LogP contribution in [0.4, 0.5) is 0 Å². The Kier molecular flexibility index (Phi) is 13.5. The predicted octanol–water partition coefficient (Wildman–Crippen LogP) is -2.55. The molecule has 53 heavy (non-hydrogen) atoms. The molecule has 19 nitrogen and oxygen atoms in total. The number of aliphatic hydroxyl groups is 7. The molecule has 0 unspecified atom stereocenters. The molecular weight excluding hydrogens is 712 g/mol. The van der Waals surface area contributed by atoms with Crippen molar-refractivity contribution < 1.29 is 94.1 Å². The fourth-order valence-electron chi connectivity index (χ4n) is 5.94. The molecule has 294 valence electrons. The molecule has 14 atom stereocenters. The van der Waals surface area contributed by atoms with Gasteiger partial charge in [-0.15, -0.1) is 0 Å². The van der Waals surface area contributed by atoms with Crippen LogP contribution in [0.2, 0.25) is 0 Å². The average Bonchev–Trinajstić information content (AvgIpc) is 3.13. The fraction of sp³-hybridized carbons (Fsp3) is 0.559. The molecule has 0 spiro atoms. The van der Waals surface area contributed by atoms with Gasteiger partial charge in [-0.2, -0.15) is 0 Å². The van der Waals surface area contributed by atoms with E-state index in [9.17, 15) is 61.0 Å². The van der Waals surface area contributed by atoms with Crippen molar-refractivity contribution in [3.8, 4) is 23.0 Å². The SMILES string of the molecule is C[C@@H]1O[C@@H](O[C@@H]2[C@@H](O)[C@H](OCCc3ccc(O)c(O)c3)O[C@H](CO)[C@H]2OC(=O)C=Cc2ccc(O)c(O)c2)[C@H](O[C@@H]2OC[C@H](O)[C@@H](O)[C@H]2O)[C@H](O)[C@H]1O. The number of hydrogen-bond acceptors (Lipinski definition) is 19. The Balaban J connectivity index is 1.39. The highest BCUT2D eigenvalue weighted by molar-refractivity contribution is 5.87. The summed E-state index contributed by atoms with van der Waals surface area (Å²) in [5.41, 5.74) is 0.834. The summed E-state index contributed by atoms with van der Waals surface area (Å²) >= 11 is 0. The van der Waals surface area contributed by atoms with Gasteiger partial charge in [-0.1, -0.05) is 12.1 Å². The highest BCUT2D eigenvalue weighted by atomic mass is 16.8. The lowest BCUT2D eigenvalue weighted by molar-refractivity contribution is -0.381. The maximum atomic E-state index is 13.1. The third-order valence-corrected chi connectivity index (χ3v) is 8.99. The van der Waals surface area contributed by atoms with Crippen molar-refractivity contribution in [3.63, 3.8) is 0 Å². The Morgan fingerprint density at radius 3 is 2.11 bits per heavy atom. The van der Waals surface area contributed by atoms with E-state index in [-0.39, 0.29) is 30.3 Å². The van der Waals surface area contributed by atoms with Crippen molar-refractivity contribution in [2.75, 3.05) is 19.8 Å². The number of ether oxygens (including phenoxy) is 7. The number of benzene rings is 2. The number of aromatic hydroxyl groups is 4. The van der Waals surface area contributed by atoms with Crippen LogP contribution in [0.1, 0.15) is 18.1 Å². The number of esters is 1. The highest BCUT2D eigenvalue weighted by Gasteiger charge is 2.54. The van der Waals surface area contributed by atoms with Gasteiger partial charge >= 0.3 is 5.97 Å². The van der Waals surface area contributed by atoms with Crippen LogP contribution in [0.15, 0.2) is 42.5 Å². The van der Waals surface area contributed by atoms with Gasteiger partial charge in [0, 0.05) is 6.08 Å². The van der Waals surface area contributed by atoms with Gasteiger partial charge in [-0.05, 0) is 54.8 Å². The Hall–Kier alpha value is -3.67. The monoisotopic (exact) mass is 756 g/mol. The molecule has 3 fully saturated rings. The topological polar surface area (TPSA) is 304 Å². The molecule has 0 radical (unpaired) electrons. The minimum atomic E-state index is -1.82. The van der Waals surface area contributed by atoms with Crippen molar-refractivity contribution in [3.05, 3.63) is 53.6 Å². The van der Waals surface area contributed by atoms with Gasteiger partial charge in [0.2, 0.25) is 0 Å². The Morgan fingerprint density at radius 1 is 0.755 bits per heavy atom. The maximum Gasteiger partial charge on any atom is 0.331 e. The van der Waals surface area contributed by atoms with Crippen LogP contribution >= 0.6 is 0 Å². The molecule has 5 rings (SSSR count). The lowest BCUT2D eigenvalue weighted by atomic mass is 9.96. The summed E-state index contributed by atoms with van der Waals surface area (Å²) in [5.74, 6) is -2.58. The molecule has 0 saturated carbocycles. The minimum Gasteiger partial charge on any atom is -0.504 e. The largest absolute Gasteiger partial charge is 0.504 e. The van der Waals surface area contributed by atoms with Crippen LogP contribution in [-0.2, 0) is 44.4 Å². The second-order valence-corrected chi connectivity index (χ2v) is 12.8. The minimum absolute atomic E-state index is 0.137. The lowest BCUT2D eigenvalue weighted by Crippen LogP contribution is -2.66. The molecule has 0 aliphatic carbocycles. The zero-order valence-corrected chi connectivity index (χ0v) is 28.2. The Morgan fingerprint density at radius 2 is 1.43 bits per heavy atom. The van der Waals surface area contributed by atoms with Crippen LogP contribution in [0.25, 0.3) is 6.08 Å². The molecule has 0 bridgehead atoms. The predicted molar refractivity (Wildman–Crippen MR) is 174 cm³/mol. The number of carbonyl (C=O) groups excluding carboxylic acids is 1. The quantitative estimate of drug-likeness (QED) is 0.0603. The van der Waals surface area contributed by atoms with Crippen molar-refractivity contribution in [1.29, 1.82) is 0 Å². The van der Waals surface area contributed by atoms with Gasteiger partial charge in [0.25, 0.3) is 0 Å². The molecule has 3 saturated heterocycles. The van der Waals surface area contributed by atoms with E-state index in [0.29, 0.717) is 11.1 Å². The third-order valence-electron chi connectivity index (χ3n) is 8.99. The molecule has 2 aromatic rings. The summed E-state index contributed by atoms with van der Waals surface area (Å²) in [5, 5.41) is 113. The van der Waals surface area contributed by atoms with Gasteiger partial charge in [0.1, 0.15) is 54.9 Å². The number of rotatable bonds is 12. The Bertz CT molecular complexity index is 1560. The molecule has 3 heterocycles. The van der Waals surface area contributed by atoms with Gasteiger partial charge < -0.3 is 89.3 Å². The summed E-state index contributed by atoms with van der Waals surface area (Å²) in [4.78, 5) is 13.1. The normalized spacial score (nSPS) is 36.4. The van der Waals surface area contributed by atoms with E-state index in [1.54, 1.807) is 0 Å². The zero-order chi connectivity index (χ0) is 38.6. The van der Waals surface area contributed by atoms with Gasteiger partial charge in [-0.25, -0.2) is 4.79 Å². The number of carbonyl (C=O) groups is 1. The molecule has 0 aromatic heterocycles. The van der Waals surface area contributed by atoms with Crippen molar-refractivity contribution in [1.82, 2.24) is 0 Å². The summed E-state index contributed by atoms with van der Waals surface area (Å²) < 4.78 is 40.1. The number of hydrogen-bond donors (Lipinski definition) is 11. The molecule has 11 N–H and O–H groups in total. The van der Waals surface area contributed by atoms with E-state index in [2.05, 4.69) is 0 Å². The number of phenols is 4. The maximum absolute atomic E-state index is 13.1. The van der Waals surface area contributed by atoms with Crippen LogP contribution in [0.5, 0.6) is 23.0 Å². The van der Waals surface area contributed by atoms with Crippen molar-refractivity contribution in [2.24, 2.45) is 0 Å². The van der Waals surface area contributed by atoms with E-state index >= 15 is 0 Å². The highest BCUT2D eigenvalue weighted by Crippen LogP contribution is 2.34. The first-order chi connectivity index (χ1) is 25.2. The first-order valence-electron chi connectivity index (χ1n) is 16.6. The van der Waals surface area contributed by atoms with E-state index in [1.807, 2.05) is 0 Å². The van der Waals surface area contributed by atoms with Crippen molar-refractivity contribution in [2.45, 2.75) is 99.4 Å². The zero-order valence-electron chi connectivity index (χ0n) is 28.2. The lowest BCUT2D eigenvalue weighted by Gasteiger charge is -2.48. The standard InChI is InChI=1S/C34H44O19/c1-14-24(42)26(44)31(53-32-27(45)25(43)21(40)13-48-32)34(49-14)52-30-28(46)33(47-9-8-16-3-6-18(37)20(39)11-16)50-22(12-35)29(30)51-23(41)7-4-15-2-5-17(36)19(38)10-15/h2-7,10-11,14,21-22,24-40,42-46H,8-9,12-13H2,1H3/t14-,21-,22+,24-,25+,26+,27+,28+,29+,30+,31+,32-,33+,34-/m0/s1. The van der Waals surface area contributed by atoms with Crippen LogP contribution in [-0.4, -0.2) is 168 Å². The summed E-state index contributed by atoms with van der Waals surface area (Å²) in [6.07, 6.45) is -20.3. The van der Waals surface area contributed by atoms with Crippen molar-refractivity contribution >= 4 is 12.0 Å². The number of phenolic OH excluding ortho intramolecular Hbond substituents is 4. The smallest absolute Gasteiger partial charge is 0.331 e. The third kappa shape index (κ3) is 9.53. The summed E-state index contributed by atoms with van der Waals surface area (Å²) in [6, 6.07) is 7.85. The van der Waals surface area contributed by atoms with Crippen LogP contribution < -0.4 is 0 Å². The first kappa shape index (κ1) is 40.5. The number of aliphatic hydroxyl groups excluding tert-OH is 7. The van der Waals surface area contributed by atoms with Gasteiger partial charge in [0.05, 0.1) is 25.9 Å². The van der Waals surface area contributed by atoms with Gasteiger partial charge in [0.15, 0.2) is 48.0 Å². The van der Waals surface area contributed by atoms with E-state index < -0.39 is 111 Å². The summed E-state index contributed by atoms with van der Waals surface area (Å²) in [6.45, 7) is -0.0224. The van der Waals surface area contributed by atoms with Crippen LogP contribution in [0, 0.1) is 0 Å². The molecule has 2 aromatic carbocycles. The van der Waals surface area contributed by atoms with E-state index in [4.69, 9.17) is 33.2 Å². The van der Waals surface area contributed by atoms with Gasteiger partial charge in [-0.3, -0.25) is 0 Å². The second kappa shape index (κ2) is 17.6. The molecular formula is C34H44O19. The average molecular weight is 757 g/mol. The Labute approximate surface area is 302 Å². The van der Waals surface area contributed by atoms with E-state index in [1.165, 1.54) is 49.4 Å². The second-order valence-electron chi connectivity index (χ2n) is 12.8. The molecule has 19 heteroatoms. The molecule has 3 aliphatic rings. The summed E-state index contributed by atoms with van der Waals surface area (Å²) in [7, 11) is 0. The van der Waals surface area contributed by atoms with E-state index in [0.717, 1.165) is 6.08 Å². The van der Waals surface area contributed by atoms with Crippen LogP contribution in [0.3, 0.4) is 0 Å². The molecule has 3 aliphatic heterocycles. The molecule has 0 amide bonds. The first-order valence-corrected chi connectivity index (χ1v) is 16.6.